The predicted octanol–water partition coefficient (Wildman–Crippen LogP) is 4.64. The molecule has 1 aliphatic heterocycles. The highest BCUT2D eigenvalue weighted by molar-refractivity contribution is 5.81. The Kier molecular flexibility index (Phi) is 7.54. The van der Waals surface area contributed by atoms with E-state index in [1.807, 2.05) is 57.7 Å². The number of hydrogen-bond acceptors (Lipinski definition) is 3. The summed E-state index contributed by atoms with van der Waals surface area (Å²) in [7, 11) is 0. The number of benzene rings is 2. The van der Waals surface area contributed by atoms with Crippen LogP contribution in [0.2, 0.25) is 0 Å². The summed E-state index contributed by atoms with van der Waals surface area (Å²) in [6.45, 7) is 10.1. The Morgan fingerprint density at radius 2 is 1.81 bits per heavy atom. The molecule has 1 heterocycles. The van der Waals surface area contributed by atoms with E-state index in [-0.39, 0.29) is 35.6 Å². The van der Waals surface area contributed by atoms with Gasteiger partial charge in [-0.2, -0.15) is 0 Å². The molecule has 0 radical (unpaired) electrons. The number of carbonyl (C=O) groups excluding carboxylic acids is 2. The third-order valence-electron chi connectivity index (χ3n) is 5.68. The fourth-order valence-electron chi connectivity index (χ4n) is 4.10. The Hall–Kier alpha value is -2.89. The van der Waals surface area contributed by atoms with E-state index in [0.29, 0.717) is 18.7 Å². The van der Waals surface area contributed by atoms with Crippen molar-refractivity contribution in [2.75, 3.05) is 6.54 Å². The topological polar surface area (TPSA) is 58.6 Å². The van der Waals surface area contributed by atoms with Gasteiger partial charge in [0.1, 0.15) is 11.6 Å². The summed E-state index contributed by atoms with van der Waals surface area (Å²) < 4.78 is 19.7. The lowest BCUT2D eigenvalue weighted by atomic mass is 9.87. The van der Waals surface area contributed by atoms with Gasteiger partial charge in [-0.1, -0.05) is 39.0 Å². The number of hydrogen-bond donors (Lipinski definition) is 1. The van der Waals surface area contributed by atoms with Crippen LogP contribution in [0.15, 0.2) is 42.5 Å². The standard InChI is InChI=1S/C26H33FN2O3/c1-6-23(25(30)28-17(4)5)32-21-12-9-18-13-14-29(26(31)16(2)3)24(22(18)15-21)19-7-10-20(27)11-8-19/h7-12,15-17,23-24H,6,13-14H2,1-5H3,(H,28,30)/t23-,24-/m0/s1. The first-order chi connectivity index (χ1) is 15.2. The number of halogens is 1. The molecule has 0 aromatic heterocycles. The van der Waals surface area contributed by atoms with Gasteiger partial charge in [-0.15, -0.1) is 0 Å². The number of nitrogens with one attached hydrogen (secondary N) is 1. The van der Waals surface area contributed by atoms with Crippen molar-refractivity contribution in [1.82, 2.24) is 10.2 Å². The van der Waals surface area contributed by atoms with Crippen molar-refractivity contribution in [3.05, 3.63) is 65.0 Å². The SMILES string of the molecule is CC[C@H](Oc1ccc2c(c1)[C@H](c1ccc(F)cc1)N(C(=O)C(C)C)CC2)C(=O)NC(C)C. The molecule has 172 valence electrons. The fraction of sp³-hybridized carbons (Fsp3) is 0.462. The Bertz CT molecular complexity index is 956. The summed E-state index contributed by atoms with van der Waals surface area (Å²) in [6, 6.07) is 11.8. The molecule has 0 fully saturated rings. The Morgan fingerprint density at radius 3 is 2.41 bits per heavy atom. The maximum atomic E-state index is 13.6. The molecular weight excluding hydrogens is 407 g/mol. The second kappa shape index (κ2) is 10.2. The summed E-state index contributed by atoms with van der Waals surface area (Å²) in [4.78, 5) is 27.4. The van der Waals surface area contributed by atoms with Crippen LogP contribution in [-0.2, 0) is 16.0 Å². The van der Waals surface area contributed by atoms with E-state index < -0.39 is 6.10 Å². The van der Waals surface area contributed by atoms with E-state index in [4.69, 9.17) is 4.74 Å². The van der Waals surface area contributed by atoms with Gasteiger partial charge in [0.2, 0.25) is 5.91 Å². The van der Waals surface area contributed by atoms with E-state index in [0.717, 1.165) is 23.1 Å². The third-order valence-corrected chi connectivity index (χ3v) is 5.68. The number of amides is 2. The maximum absolute atomic E-state index is 13.6. The summed E-state index contributed by atoms with van der Waals surface area (Å²) in [5, 5.41) is 2.90. The third kappa shape index (κ3) is 5.29. The van der Waals surface area contributed by atoms with Crippen LogP contribution < -0.4 is 10.1 Å². The molecule has 0 unspecified atom stereocenters. The molecule has 0 saturated carbocycles. The van der Waals surface area contributed by atoms with Crippen molar-refractivity contribution >= 4 is 11.8 Å². The van der Waals surface area contributed by atoms with E-state index in [9.17, 15) is 14.0 Å². The van der Waals surface area contributed by atoms with Gasteiger partial charge in [0.15, 0.2) is 6.10 Å². The van der Waals surface area contributed by atoms with Crippen LogP contribution in [0.1, 0.15) is 63.8 Å². The van der Waals surface area contributed by atoms with E-state index in [1.165, 1.54) is 12.1 Å². The lowest BCUT2D eigenvalue weighted by Crippen LogP contribution is -2.43. The van der Waals surface area contributed by atoms with Crippen molar-refractivity contribution < 1.29 is 18.7 Å². The molecule has 0 saturated heterocycles. The van der Waals surface area contributed by atoms with Gasteiger partial charge in [-0.25, -0.2) is 4.39 Å². The second-order valence-electron chi connectivity index (χ2n) is 8.93. The smallest absolute Gasteiger partial charge is 0.261 e. The minimum Gasteiger partial charge on any atom is -0.481 e. The first-order valence-corrected chi connectivity index (χ1v) is 11.4. The van der Waals surface area contributed by atoms with Gasteiger partial charge in [0, 0.05) is 18.5 Å². The molecule has 5 nitrogen and oxygen atoms in total. The van der Waals surface area contributed by atoms with Gasteiger partial charge in [0.05, 0.1) is 6.04 Å². The van der Waals surface area contributed by atoms with Gasteiger partial charge in [0.25, 0.3) is 5.91 Å². The summed E-state index contributed by atoms with van der Waals surface area (Å²) in [5.74, 6) is 0.0279. The second-order valence-corrected chi connectivity index (χ2v) is 8.93. The summed E-state index contributed by atoms with van der Waals surface area (Å²) >= 11 is 0. The lowest BCUT2D eigenvalue weighted by Gasteiger charge is -2.39. The first kappa shape index (κ1) is 23.8. The number of ether oxygens (including phenoxy) is 1. The number of carbonyl (C=O) groups is 2. The van der Waals surface area contributed by atoms with Crippen molar-refractivity contribution in [2.45, 2.75) is 65.6 Å². The molecule has 2 atom stereocenters. The number of nitrogens with zero attached hydrogens (tertiary/aromatic N) is 1. The van der Waals surface area contributed by atoms with Gasteiger partial charge in [-0.3, -0.25) is 9.59 Å². The lowest BCUT2D eigenvalue weighted by molar-refractivity contribution is -0.136. The highest BCUT2D eigenvalue weighted by Gasteiger charge is 2.33. The Labute approximate surface area is 190 Å². The van der Waals surface area contributed by atoms with Crippen molar-refractivity contribution in [3.63, 3.8) is 0 Å². The van der Waals surface area contributed by atoms with Gasteiger partial charge >= 0.3 is 0 Å². The van der Waals surface area contributed by atoms with Crippen LogP contribution in [0.25, 0.3) is 0 Å². The van der Waals surface area contributed by atoms with Crippen molar-refractivity contribution in [3.8, 4) is 5.75 Å². The fourth-order valence-corrected chi connectivity index (χ4v) is 4.10. The molecule has 2 aromatic rings. The largest absolute Gasteiger partial charge is 0.481 e. The quantitative estimate of drug-likeness (QED) is 0.683. The van der Waals surface area contributed by atoms with Crippen molar-refractivity contribution in [2.24, 2.45) is 5.92 Å². The van der Waals surface area contributed by atoms with Crippen LogP contribution in [0.4, 0.5) is 4.39 Å². The molecule has 0 bridgehead atoms. The van der Waals surface area contributed by atoms with Crippen molar-refractivity contribution in [1.29, 1.82) is 0 Å². The van der Waals surface area contributed by atoms with Crippen LogP contribution in [0.3, 0.4) is 0 Å². The summed E-state index contributed by atoms with van der Waals surface area (Å²) in [6.07, 6.45) is 0.669. The molecule has 1 N–H and O–H groups in total. The van der Waals surface area contributed by atoms with Gasteiger partial charge < -0.3 is 15.0 Å². The van der Waals surface area contributed by atoms with E-state index >= 15 is 0 Å². The van der Waals surface area contributed by atoms with Crippen LogP contribution in [0.5, 0.6) is 5.75 Å². The molecule has 2 aromatic carbocycles. The molecule has 6 heteroatoms. The molecule has 3 rings (SSSR count). The maximum Gasteiger partial charge on any atom is 0.261 e. The highest BCUT2D eigenvalue weighted by atomic mass is 19.1. The average Bonchev–Trinajstić information content (AvgIpc) is 2.76. The number of fused-ring (bicyclic) bond motifs is 1. The van der Waals surface area contributed by atoms with E-state index in [2.05, 4.69) is 5.32 Å². The Morgan fingerprint density at radius 1 is 1.12 bits per heavy atom. The van der Waals surface area contributed by atoms with Gasteiger partial charge in [-0.05, 0) is 67.6 Å². The minimum absolute atomic E-state index is 0.0298. The molecule has 0 spiro atoms. The zero-order valence-electron chi connectivity index (χ0n) is 19.5. The zero-order chi connectivity index (χ0) is 23.4. The number of rotatable bonds is 7. The molecule has 2 amide bonds. The van der Waals surface area contributed by atoms with Crippen LogP contribution >= 0.6 is 0 Å². The van der Waals surface area contributed by atoms with Crippen LogP contribution in [0, 0.1) is 11.7 Å². The van der Waals surface area contributed by atoms with E-state index in [1.54, 1.807) is 12.1 Å². The molecule has 1 aliphatic rings. The zero-order valence-corrected chi connectivity index (χ0v) is 19.5. The Balaban J connectivity index is 1.99. The molecule has 32 heavy (non-hydrogen) atoms. The normalized spacial score (nSPS) is 16.6. The first-order valence-electron chi connectivity index (χ1n) is 11.4. The summed E-state index contributed by atoms with van der Waals surface area (Å²) in [5.41, 5.74) is 2.93. The monoisotopic (exact) mass is 440 g/mol. The minimum atomic E-state index is -0.600. The molecular formula is C26H33FN2O3. The predicted molar refractivity (Wildman–Crippen MR) is 123 cm³/mol. The highest BCUT2D eigenvalue weighted by Crippen LogP contribution is 2.38. The average molecular weight is 441 g/mol. The molecule has 0 aliphatic carbocycles. The van der Waals surface area contributed by atoms with Crippen LogP contribution in [-0.4, -0.2) is 35.4 Å².